The average Bonchev–Trinajstić information content (AvgIpc) is 3.04. The summed E-state index contributed by atoms with van der Waals surface area (Å²) in [5.41, 5.74) is 4.27. The fraction of sp³-hybridized carbons (Fsp3) is 0.519. The maximum Gasteiger partial charge on any atom is 0.235 e. The third kappa shape index (κ3) is 5.67. The summed E-state index contributed by atoms with van der Waals surface area (Å²) in [6, 6.07) is 14.5. The van der Waals surface area contributed by atoms with E-state index >= 15 is 0 Å². The van der Waals surface area contributed by atoms with Gasteiger partial charge in [-0.25, -0.2) is 0 Å². The smallest absolute Gasteiger partial charge is 0.235 e. The molecule has 2 aromatic carbocycles. The molecule has 1 fully saturated rings. The monoisotopic (exact) mass is 489 g/mol. The molecule has 1 unspecified atom stereocenters. The lowest BCUT2D eigenvalue weighted by Gasteiger charge is -2.36. The summed E-state index contributed by atoms with van der Waals surface area (Å²) in [5.74, 6) is 0.678. The molecule has 33 heavy (non-hydrogen) atoms. The molecule has 0 aromatic heterocycles. The number of piperazine rings is 1. The molecule has 2 heterocycles. The Hall–Kier alpha value is -1.75. The number of aryl methyl sites for hydroxylation is 1. The summed E-state index contributed by atoms with van der Waals surface area (Å²) >= 11 is 6.16. The highest BCUT2D eigenvalue weighted by Crippen LogP contribution is 2.46. The third-order valence-electron chi connectivity index (χ3n) is 7.09. The van der Waals surface area contributed by atoms with Crippen molar-refractivity contribution in [2.24, 2.45) is 5.92 Å². The normalized spacial score (nSPS) is 20.5. The van der Waals surface area contributed by atoms with Gasteiger partial charge in [0.2, 0.25) is 5.91 Å². The molecule has 4 rings (SSSR count). The number of hydrogen-bond donors (Lipinski definition) is 1. The molecule has 180 valence electrons. The molecular formula is C27H37Cl2N3O. The Balaban J connectivity index is 0.00000306. The van der Waals surface area contributed by atoms with Gasteiger partial charge in [-0.3, -0.25) is 9.69 Å². The van der Waals surface area contributed by atoms with Crippen molar-refractivity contribution in [3.8, 4) is 0 Å². The molecule has 2 aliphatic rings. The number of anilines is 2. The van der Waals surface area contributed by atoms with Crippen LogP contribution in [0.25, 0.3) is 0 Å². The van der Waals surface area contributed by atoms with E-state index in [1.54, 1.807) is 0 Å². The number of unbranched alkanes of at least 4 members (excludes halogenated alkanes) is 1. The zero-order chi connectivity index (χ0) is 22.7. The van der Waals surface area contributed by atoms with Gasteiger partial charge in [0.15, 0.2) is 0 Å². The van der Waals surface area contributed by atoms with E-state index < -0.39 is 0 Å². The van der Waals surface area contributed by atoms with E-state index in [9.17, 15) is 4.79 Å². The van der Waals surface area contributed by atoms with Gasteiger partial charge in [0.1, 0.15) is 0 Å². The van der Waals surface area contributed by atoms with Gasteiger partial charge >= 0.3 is 0 Å². The minimum Gasteiger partial charge on any atom is -0.369 e. The maximum absolute atomic E-state index is 13.2. The Labute approximate surface area is 210 Å². The van der Waals surface area contributed by atoms with Crippen molar-refractivity contribution in [1.82, 2.24) is 4.90 Å². The summed E-state index contributed by atoms with van der Waals surface area (Å²) < 4.78 is 0. The van der Waals surface area contributed by atoms with Crippen molar-refractivity contribution in [3.05, 3.63) is 58.6 Å². The Morgan fingerprint density at radius 3 is 2.48 bits per heavy atom. The number of benzene rings is 2. The van der Waals surface area contributed by atoms with Gasteiger partial charge in [0.05, 0.1) is 5.41 Å². The minimum atomic E-state index is -0.374. The van der Waals surface area contributed by atoms with Gasteiger partial charge in [-0.15, -0.1) is 12.4 Å². The van der Waals surface area contributed by atoms with Crippen LogP contribution >= 0.6 is 24.0 Å². The Bertz CT molecular complexity index is 956. The Morgan fingerprint density at radius 2 is 1.79 bits per heavy atom. The van der Waals surface area contributed by atoms with E-state index in [1.807, 2.05) is 12.1 Å². The van der Waals surface area contributed by atoms with E-state index in [-0.39, 0.29) is 23.7 Å². The number of carbonyl (C=O) groups excluding carboxylic acids is 1. The number of nitrogens with zero attached hydrogens (tertiary/aromatic N) is 2. The number of carbonyl (C=O) groups is 1. The molecule has 2 aliphatic heterocycles. The second kappa shape index (κ2) is 11.1. The molecule has 0 aliphatic carbocycles. The molecule has 1 amide bonds. The molecule has 4 nitrogen and oxygen atoms in total. The van der Waals surface area contributed by atoms with Crippen LogP contribution in [0.3, 0.4) is 0 Å². The quantitative estimate of drug-likeness (QED) is 0.441. The number of amides is 1. The maximum atomic E-state index is 13.2. The highest BCUT2D eigenvalue weighted by Gasteiger charge is 2.46. The highest BCUT2D eigenvalue weighted by atomic mass is 35.5. The second-order valence-corrected chi connectivity index (χ2v) is 10.3. The fourth-order valence-corrected chi connectivity index (χ4v) is 5.69. The summed E-state index contributed by atoms with van der Waals surface area (Å²) in [6.07, 6.45) is 4.04. The zero-order valence-electron chi connectivity index (χ0n) is 20.1. The van der Waals surface area contributed by atoms with Gasteiger partial charge < -0.3 is 10.2 Å². The molecular weight excluding hydrogens is 453 g/mol. The second-order valence-electron chi connectivity index (χ2n) is 9.90. The van der Waals surface area contributed by atoms with Gasteiger partial charge in [0, 0.05) is 42.6 Å². The van der Waals surface area contributed by atoms with Crippen LogP contribution in [0.15, 0.2) is 42.5 Å². The van der Waals surface area contributed by atoms with Crippen molar-refractivity contribution in [1.29, 1.82) is 0 Å². The van der Waals surface area contributed by atoms with Crippen LogP contribution in [-0.4, -0.2) is 43.5 Å². The van der Waals surface area contributed by atoms with Gasteiger partial charge in [0.25, 0.3) is 0 Å². The molecule has 0 radical (unpaired) electrons. The number of nitrogens with one attached hydrogen (secondary N) is 1. The lowest BCUT2D eigenvalue weighted by molar-refractivity contribution is -0.121. The topological polar surface area (TPSA) is 35.6 Å². The Kier molecular flexibility index (Phi) is 8.71. The van der Waals surface area contributed by atoms with Crippen LogP contribution in [0.2, 0.25) is 5.02 Å². The van der Waals surface area contributed by atoms with Crippen LogP contribution in [0.4, 0.5) is 11.4 Å². The van der Waals surface area contributed by atoms with Crippen LogP contribution in [0.1, 0.15) is 50.7 Å². The summed E-state index contributed by atoms with van der Waals surface area (Å²) in [5, 5.41) is 4.01. The molecule has 1 N–H and O–H groups in total. The lowest BCUT2D eigenvalue weighted by Crippen LogP contribution is -2.46. The van der Waals surface area contributed by atoms with Crippen molar-refractivity contribution < 1.29 is 4.79 Å². The van der Waals surface area contributed by atoms with E-state index in [1.165, 1.54) is 16.8 Å². The van der Waals surface area contributed by atoms with E-state index in [2.05, 4.69) is 66.2 Å². The highest BCUT2D eigenvalue weighted by molar-refractivity contribution is 6.30. The van der Waals surface area contributed by atoms with E-state index in [4.69, 9.17) is 11.6 Å². The number of fused-ring (bicyclic) bond motifs is 1. The Morgan fingerprint density at radius 1 is 1.06 bits per heavy atom. The molecule has 0 saturated carbocycles. The van der Waals surface area contributed by atoms with E-state index in [0.29, 0.717) is 5.92 Å². The first-order valence-corrected chi connectivity index (χ1v) is 12.4. The van der Waals surface area contributed by atoms with Crippen LogP contribution in [-0.2, 0) is 10.2 Å². The first-order chi connectivity index (χ1) is 15.4. The minimum absolute atomic E-state index is 0. The summed E-state index contributed by atoms with van der Waals surface area (Å²) in [7, 11) is 0. The molecule has 0 bridgehead atoms. The van der Waals surface area contributed by atoms with Gasteiger partial charge in [-0.2, -0.15) is 0 Å². The number of para-hydroxylation sites is 1. The molecule has 1 saturated heterocycles. The molecule has 2 aromatic rings. The average molecular weight is 491 g/mol. The number of halogens is 2. The van der Waals surface area contributed by atoms with Gasteiger partial charge in [-0.1, -0.05) is 56.1 Å². The molecule has 6 heteroatoms. The lowest BCUT2D eigenvalue weighted by atomic mass is 9.71. The largest absolute Gasteiger partial charge is 0.369 e. The van der Waals surface area contributed by atoms with Crippen molar-refractivity contribution in [3.63, 3.8) is 0 Å². The van der Waals surface area contributed by atoms with Crippen LogP contribution in [0, 0.1) is 12.8 Å². The molecule has 1 atom stereocenters. The van der Waals surface area contributed by atoms with Crippen molar-refractivity contribution in [2.75, 3.05) is 42.9 Å². The van der Waals surface area contributed by atoms with Crippen LogP contribution < -0.4 is 10.2 Å². The number of rotatable bonds is 8. The van der Waals surface area contributed by atoms with E-state index in [0.717, 1.165) is 69.1 Å². The van der Waals surface area contributed by atoms with Crippen molar-refractivity contribution >= 4 is 41.3 Å². The van der Waals surface area contributed by atoms with Gasteiger partial charge in [-0.05, 0) is 68.0 Å². The zero-order valence-corrected chi connectivity index (χ0v) is 21.6. The SMILES string of the molecule is Cc1cccc2c1NC(=O)C2(CCCCN1CCN(c2cccc(Cl)c2)CC1)CC(C)C.Cl. The first kappa shape index (κ1) is 25.9. The van der Waals surface area contributed by atoms with Crippen molar-refractivity contribution in [2.45, 2.75) is 51.9 Å². The summed E-state index contributed by atoms with van der Waals surface area (Å²) in [4.78, 5) is 18.2. The predicted octanol–water partition coefficient (Wildman–Crippen LogP) is 6.30. The fourth-order valence-electron chi connectivity index (χ4n) is 5.50. The summed E-state index contributed by atoms with van der Waals surface area (Å²) in [6.45, 7) is 11.9. The first-order valence-electron chi connectivity index (χ1n) is 12.0. The third-order valence-corrected chi connectivity index (χ3v) is 7.33. The molecule has 0 spiro atoms. The van der Waals surface area contributed by atoms with Crippen LogP contribution in [0.5, 0.6) is 0 Å². The predicted molar refractivity (Wildman–Crippen MR) is 142 cm³/mol. The standard InChI is InChI=1S/C27H36ClN3O.ClH/c1-20(2)19-27(24-11-6-8-21(3)25(24)29-26(27)32)12-4-5-13-30-14-16-31(17-15-30)23-10-7-9-22(28)18-23;/h6-11,18,20H,4-5,12-17,19H2,1-3H3,(H,29,32);1H. The number of hydrogen-bond acceptors (Lipinski definition) is 3.